The number of carbonyl (C=O) groups is 2. The van der Waals surface area contributed by atoms with Gasteiger partial charge in [0.25, 0.3) is 0 Å². The Morgan fingerprint density at radius 2 is 2.06 bits per heavy atom. The van der Waals surface area contributed by atoms with Crippen LogP contribution in [0.25, 0.3) is 0 Å². The van der Waals surface area contributed by atoms with Crippen molar-refractivity contribution in [2.24, 2.45) is 11.8 Å². The first-order valence-corrected chi connectivity index (χ1v) is 6.17. The van der Waals surface area contributed by atoms with E-state index in [1.54, 1.807) is 4.90 Å². The molecular formula is C12H22N2O3. The number of likely N-dealkylation sites (tertiary alicyclic amines) is 1. The molecule has 1 aliphatic rings. The van der Waals surface area contributed by atoms with E-state index in [-0.39, 0.29) is 24.4 Å². The molecule has 1 rings (SSSR count). The van der Waals surface area contributed by atoms with Crippen LogP contribution in [0, 0.1) is 11.8 Å². The Hall–Kier alpha value is -1.26. The molecular weight excluding hydrogens is 220 g/mol. The van der Waals surface area contributed by atoms with Gasteiger partial charge in [-0.2, -0.15) is 0 Å². The molecule has 0 aliphatic carbocycles. The van der Waals surface area contributed by atoms with Gasteiger partial charge < -0.3 is 15.3 Å². The van der Waals surface area contributed by atoms with Crippen molar-refractivity contribution in [3.8, 4) is 0 Å². The highest BCUT2D eigenvalue weighted by Crippen LogP contribution is 2.19. The molecule has 2 unspecified atom stereocenters. The second-order valence-electron chi connectivity index (χ2n) is 5.18. The van der Waals surface area contributed by atoms with E-state index in [0.717, 1.165) is 6.42 Å². The number of carbonyl (C=O) groups excluding carboxylic acids is 1. The zero-order valence-electron chi connectivity index (χ0n) is 10.8. The largest absolute Gasteiger partial charge is 0.481 e. The SMILES string of the molecule is CC(C)C(C)NC(=O)N1CCC(CC(=O)O)C1. The molecule has 5 nitrogen and oxygen atoms in total. The average Bonchev–Trinajstić information content (AvgIpc) is 2.64. The quantitative estimate of drug-likeness (QED) is 0.785. The summed E-state index contributed by atoms with van der Waals surface area (Å²) in [6.07, 6.45) is 0.944. The number of nitrogens with zero attached hydrogens (tertiary/aromatic N) is 1. The molecule has 98 valence electrons. The molecule has 0 aromatic rings. The molecule has 2 amide bonds. The molecule has 0 bridgehead atoms. The van der Waals surface area contributed by atoms with Gasteiger partial charge in [-0.05, 0) is 25.2 Å². The number of rotatable bonds is 4. The first kappa shape index (κ1) is 13.8. The Morgan fingerprint density at radius 1 is 1.41 bits per heavy atom. The molecule has 0 saturated carbocycles. The van der Waals surface area contributed by atoms with Crippen molar-refractivity contribution in [2.45, 2.75) is 39.7 Å². The third-order valence-corrected chi connectivity index (χ3v) is 3.39. The van der Waals surface area contributed by atoms with Gasteiger partial charge in [-0.15, -0.1) is 0 Å². The van der Waals surface area contributed by atoms with Crippen molar-refractivity contribution < 1.29 is 14.7 Å². The number of carboxylic acids is 1. The van der Waals surface area contributed by atoms with E-state index in [1.165, 1.54) is 0 Å². The van der Waals surface area contributed by atoms with Crippen LogP contribution in [0.2, 0.25) is 0 Å². The molecule has 1 aliphatic heterocycles. The molecule has 0 aromatic carbocycles. The Bertz CT molecular complexity index is 291. The summed E-state index contributed by atoms with van der Waals surface area (Å²) in [5.74, 6) is -0.281. The summed E-state index contributed by atoms with van der Waals surface area (Å²) in [5, 5.41) is 11.6. The number of urea groups is 1. The Balaban J connectivity index is 2.37. The van der Waals surface area contributed by atoms with Gasteiger partial charge in [0, 0.05) is 25.6 Å². The van der Waals surface area contributed by atoms with Gasteiger partial charge in [-0.3, -0.25) is 4.79 Å². The van der Waals surface area contributed by atoms with E-state index >= 15 is 0 Å². The van der Waals surface area contributed by atoms with Gasteiger partial charge in [0.05, 0.1) is 0 Å². The molecule has 0 radical (unpaired) electrons. The predicted octanol–water partition coefficient (Wildman–Crippen LogP) is 1.54. The third kappa shape index (κ3) is 4.24. The zero-order chi connectivity index (χ0) is 13.0. The Kier molecular flexibility index (Phi) is 4.78. The lowest BCUT2D eigenvalue weighted by Crippen LogP contribution is -2.44. The lowest BCUT2D eigenvalue weighted by molar-refractivity contribution is -0.138. The highest BCUT2D eigenvalue weighted by Gasteiger charge is 2.28. The van der Waals surface area contributed by atoms with E-state index in [0.29, 0.717) is 19.0 Å². The van der Waals surface area contributed by atoms with E-state index in [2.05, 4.69) is 19.2 Å². The normalized spacial score (nSPS) is 21.6. The van der Waals surface area contributed by atoms with Crippen molar-refractivity contribution in [3.05, 3.63) is 0 Å². The maximum absolute atomic E-state index is 11.9. The van der Waals surface area contributed by atoms with E-state index in [4.69, 9.17) is 5.11 Å². The summed E-state index contributed by atoms with van der Waals surface area (Å²) >= 11 is 0. The van der Waals surface area contributed by atoms with Gasteiger partial charge in [0.1, 0.15) is 0 Å². The van der Waals surface area contributed by atoms with Gasteiger partial charge in [-0.25, -0.2) is 4.79 Å². The molecule has 0 spiro atoms. The van der Waals surface area contributed by atoms with Crippen LogP contribution in [0.3, 0.4) is 0 Å². The van der Waals surface area contributed by atoms with Gasteiger partial charge in [0.2, 0.25) is 0 Å². The molecule has 1 fully saturated rings. The molecule has 0 aromatic heterocycles. The first-order valence-electron chi connectivity index (χ1n) is 6.17. The lowest BCUT2D eigenvalue weighted by atomic mass is 10.1. The number of hydrogen-bond donors (Lipinski definition) is 2. The Morgan fingerprint density at radius 3 is 2.59 bits per heavy atom. The van der Waals surface area contributed by atoms with Crippen LogP contribution >= 0.6 is 0 Å². The fraction of sp³-hybridized carbons (Fsp3) is 0.833. The fourth-order valence-electron chi connectivity index (χ4n) is 1.88. The topological polar surface area (TPSA) is 69.6 Å². The summed E-state index contributed by atoms with van der Waals surface area (Å²) < 4.78 is 0. The second-order valence-corrected chi connectivity index (χ2v) is 5.18. The highest BCUT2D eigenvalue weighted by atomic mass is 16.4. The zero-order valence-corrected chi connectivity index (χ0v) is 10.8. The van der Waals surface area contributed by atoms with Crippen molar-refractivity contribution in [1.29, 1.82) is 0 Å². The minimum Gasteiger partial charge on any atom is -0.481 e. The van der Waals surface area contributed by atoms with Crippen molar-refractivity contribution in [3.63, 3.8) is 0 Å². The van der Waals surface area contributed by atoms with E-state index < -0.39 is 5.97 Å². The average molecular weight is 242 g/mol. The summed E-state index contributed by atoms with van der Waals surface area (Å²) in [6, 6.07) is 0.0695. The van der Waals surface area contributed by atoms with Crippen molar-refractivity contribution >= 4 is 12.0 Å². The van der Waals surface area contributed by atoms with Crippen LogP contribution in [-0.2, 0) is 4.79 Å². The van der Waals surface area contributed by atoms with E-state index in [9.17, 15) is 9.59 Å². The fourth-order valence-corrected chi connectivity index (χ4v) is 1.88. The minimum absolute atomic E-state index is 0.0703. The molecule has 17 heavy (non-hydrogen) atoms. The summed E-state index contributed by atoms with van der Waals surface area (Å²) in [7, 11) is 0. The molecule has 5 heteroatoms. The predicted molar refractivity (Wildman–Crippen MR) is 64.8 cm³/mol. The first-order chi connectivity index (χ1) is 7.90. The Labute approximate surface area is 102 Å². The van der Waals surface area contributed by atoms with Crippen molar-refractivity contribution in [2.75, 3.05) is 13.1 Å². The van der Waals surface area contributed by atoms with Gasteiger partial charge >= 0.3 is 12.0 Å². The van der Waals surface area contributed by atoms with Crippen LogP contribution in [0.4, 0.5) is 4.79 Å². The number of aliphatic carboxylic acids is 1. The minimum atomic E-state index is -0.784. The third-order valence-electron chi connectivity index (χ3n) is 3.39. The maximum Gasteiger partial charge on any atom is 0.317 e. The number of carboxylic acid groups (broad SMARTS) is 1. The molecule has 2 N–H and O–H groups in total. The summed E-state index contributed by atoms with van der Waals surface area (Å²) in [4.78, 5) is 24.2. The monoisotopic (exact) mass is 242 g/mol. The number of nitrogens with one attached hydrogen (secondary N) is 1. The van der Waals surface area contributed by atoms with Crippen LogP contribution in [0.5, 0.6) is 0 Å². The van der Waals surface area contributed by atoms with E-state index in [1.807, 2.05) is 6.92 Å². The lowest BCUT2D eigenvalue weighted by Gasteiger charge is -2.23. The number of hydrogen-bond acceptors (Lipinski definition) is 2. The number of amides is 2. The maximum atomic E-state index is 11.9. The molecule has 2 atom stereocenters. The smallest absolute Gasteiger partial charge is 0.317 e. The van der Waals surface area contributed by atoms with Crippen LogP contribution in [-0.4, -0.2) is 41.1 Å². The van der Waals surface area contributed by atoms with Crippen LogP contribution < -0.4 is 5.32 Å². The van der Waals surface area contributed by atoms with Gasteiger partial charge in [-0.1, -0.05) is 13.8 Å². The van der Waals surface area contributed by atoms with Gasteiger partial charge in [0.15, 0.2) is 0 Å². The molecule has 1 heterocycles. The highest BCUT2D eigenvalue weighted by molar-refractivity contribution is 5.75. The summed E-state index contributed by atoms with van der Waals surface area (Å²) in [5.41, 5.74) is 0. The van der Waals surface area contributed by atoms with Crippen LogP contribution in [0.1, 0.15) is 33.6 Å². The van der Waals surface area contributed by atoms with Crippen molar-refractivity contribution in [1.82, 2.24) is 10.2 Å². The van der Waals surface area contributed by atoms with Crippen LogP contribution in [0.15, 0.2) is 0 Å². The second kappa shape index (κ2) is 5.89. The standard InChI is InChI=1S/C12H22N2O3/c1-8(2)9(3)13-12(17)14-5-4-10(7-14)6-11(15)16/h8-10H,4-7H2,1-3H3,(H,13,17)(H,15,16). The summed E-state index contributed by atoms with van der Waals surface area (Å²) in [6.45, 7) is 7.31. The molecule has 1 saturated heterocycles.